The first kappa shape index (κ1) is 18.7. The number of hydrogen-bond acceptors (Lipinski definition) is 4. The molecule has 2 aromatic rings. The predicted molar refractivity (Wildman–Crippen MR) is 113 cm³/mol. The summed E-state index contributed by atoms with van der Waals surface area (Å²) < 4.78 is 6.44. The maximum Gasteiger partial charge on any atom is 0.270 e. The Bertz CT molecular complexity index is 918. The number of ether oxygens (including phenoxy) is 1. The van der Waals surface area contributed by atoms with E-state index >= 15 is 0 Å². The minimum absolute atomic E-state index is 0.217. The van der Waals surface area contributed by atoms with E-state index in [0.717, 1.165) is 15.8 Å². The Labute approximate surface area is 173 Å². The standard InChI is InChI=1S/C17H10BrCl2NO2S2/c1-23-14-5-2-9(6-11(14)18)7-15-16(22)21(17(24)25-15)13-4-3-10(19)8-12(13)20/h2-8H,1H3. The lowest BCUT2D eigenvalue weighted by Gasteiger charge is -2.16. The van der Waals surface area contributed by atoms with Crippen LogP contribution in [-0.2, 0) is 4.79 Å². The van der Waals surface area contributed by atoms with Gasteiger partial charge in [-0.15, -0.1) is 0 Å². The molecule has 3 nitrogen and oxygen atoms in total. The summed E-state index contributed by atoms with van der Waals surface area (Å²) in [5, 5.41) is 0.870. The van der Waals surface area contributed by atoms with Crippen LogP contribution in [0.5, 0.6) is 5.75 Å². The Balaban J connectivity index is 1.94. The fourth-order valence-corrected chi connectivity index (χ4v) is 4.60. The first-order valence-electron chi connectivity index (χ1n) is 6.97. The van der Waals surface area contributed by atoms with Crippen molar-refractivity contribution < 1.29 is 9.53 Å². The molecule has 1 amide bonds. The maximum atomic E-state index is 12.8. The molecule has 0 N–H and O–H groups in total. The summed E-state index contributed by atoms with van der Waals surface area (Å²) in [6, 6.07) is 10.5. The molecule has 0 aromatic heterocycles. The molecule has 3 rings (SSSR count). The van der Waals surface area contributed by atoms with Crippen LogP contribution in [0, 0.1) is 0 Å². The Morgan fingerprint density at radius 3 is 2.64 bits per heavy atom. The lowest BCUT2D eigenvalue weighted by molar-refractivity contribution is -0.113. The Morgan fingerprint density at radius 1 is 1.24 bits per heavy atom. The number of nitrogens with zero attached hydrogens (tertiary/aromatic N) is 1. The molecule has 0 unspecified atom stereocenters. The van der Waals surface area contributed by atoms with Crippen molar-refractivity contribution in [3.8, 4) is 5.75 Å². The van der Waals surface area contributed by atoms with Gasteiger partial charge in [0.05, 0.1) is 27.2 Å². The summed E-state index contributed by atoms with van der Waals surface area (Å²) in [5.74, 6) is 0.504. The topological polar surface area (TPSA) is 29.5 Å². The zero-order valence-corrected chi connectivity index (χ0v) is 17.5. The number of halogens is 3. The summed E-state index contributed by atoms with van der Waals surface area (Å²) in [5.41, 5.74) is 1.38. The lowest BCUT2D eigenvalue weighted by Crippen LogP contribution is -2.27. The van der Waals surface area contributed by atoms with E-state index in [2.05, 4.69) is 15.9 Å². The van der Waals surface area contributed by atoms with E-state index in [1.54, 1.807) is 31.4 Å². The van der Waals surface area contributed by atoms with Crippen molar-refractivity contribution in [1.82, 2.24) is 0 Å². The van der Waals surface area contributed by atoms with Crippen LogP contribution in [-0.4, -0.2) is 17.3 Å². The van der Waals surface area contributed by atoms with Gasteiger partial charge < -0.3 is 4.74 Å². The number of anilines is 1. The average Bonchev–Trinajstić information content (AvgIpc) is 2.82. The van der Waals surface area contributed by atoms with E-state index in [1.165, 1.54) is 16.7 Å². The molecule has 1 fully saturated rings. The summed E-state index contributed by atoms with van der Waals surface area (Å²) in [7, 11) is 1.60. The van der Waals surface area contributed by atoms with Gasteiger partial charge in [-0.05, 0) is 57.9 Å². The molecule has 8 heteroatoms. The van der Waals surface area contributed by atoms with Crippen LogP contribution >= 0.6 is 63.1 Å². The highest BCUT2D eigenvalue weighted by atomic mass is 79.9. The summed E-state index contributed by atoms with van der Waals surface area (Å²) in [6.45, 7) is 0. The van der Waals surface area contributed by atoms with Gasteiger partial charge in [-0.2, -0.15) is 0 Å². The van der Waals surface area contributed by atoms with Crippen LogP contribution in [0.4, 0.5) is 5.69 Å². The second-order valence-corrected chi connectivity index (χ2v) is 8.38. The number of carbonyl (C=O) groups is 1. The number of thiocarbonyl (C=S) groups is 1. The van der Waals surface area contributed by atoms with Gasteiger partial charge in [0.15, 0.2) is 4.32 Å². The SMILES string of the molecule is COc1ccc(C=C2SC(=S)N(c3ccc(Cl)cc3Cl)C2=O)cc1Br. The first-order valence-corrected chi connectivity index (χ1v) is 9.74. The molecule has 2 aromatic carbocycles. The molecule has 1 heterocycles. The normalized spacial score (nSPS) is 16.0. The van der Waals surface area contributed by atoms with Gasteiger partial charge >= 0.3 is 0 Å². The average molecular weight is 475 g/mol. The van der Waals surface area contributed by atoms with E-state index in [9.17, 15) is 4.79 Å². The van der Waals surface area contributed by atoms with Crippen LogP contribution in [0.15, 0.2) is 45.8 Å². The van der Waals surface area contributed by atoms with Crippen molar-refractivity contribution in [2.45, 2.75) is 0 Å². The van der Waals surface area contributed by atoms with Gasteiger partial charge in [0, 0.05) is 5.02 Å². The molecular weight excluding hydrogens is 465 g/mol. The minimum Gasteiger partial charge on any atom is -0.496 e. The van der Waals surface area contributed by atoms with Crippen LogP contribution in [0.2, 0.25) is 10.0 Å². The Morgan fingerprint density at radius 2 is 2.00 bits per heavy atom. The molecule has 0 radical (unpaired) electrons. The van der Waals surface area contributed by atoms with Gasteiger partial charge in [-0.1, -0.05) is 53.2 Å². The molecule has 0 spiro atoms. The minimum atomic E-state index is -0.217. The molecule has 0 saturated carbocycles. The van der Waals surface area contributed by atoms with Crippen molar-refractivity contribution in [2.75, 3.05) is 12.0 Å². The molecule has 25 heavy (non-hydrogen) atoms. The largest absolute Gasteiger partial charge is 0.496 e. The maximum absolute atomic E-state index is 12.8. The predicted octanol–water partition coefficient (Wildman–Crippen LogP) is 6.17. The molecule has 128 valence electrons. The zero-order chi connectivity index (χ0) is 18.1. The van der Waals surface area contributed by atoms with Gasteiger partial charge in [0.1, 0.15) is 5.75 Å². The Hall–Kier alpha value is -1.05. The first-order chi connectivity index (χ1) is 11.9. The quantitative estimate of drug-likeness (QED) is 0.393. The Kier molecular flexibility index (Phi) is 5.75. The van der Waals surface area contributed by atoms with Crippen LogP contribution in [0.3, 0.4) is 0 Å². The number of amides is 1. The van der Waals surface area contributed by atoms with Crippen LogP contribution in [0.1, 0.15) is 5.56 Å². The smallest absolute Gasteiger partial charge is 0.270 e. The molecule has 0 atom stereocenters. The highest BCUT2D eigenvalue weighted by Crippen LogP contribution is 2.40. The molecule has 1 aliphatic rings. The fraction of sp³-hybridized carbons (Fsp3) is 0.0588. The van der Waals surface area contributed by atoms with E-state index in [-0.39, 0.29) is 5.91 Å². The van der Waals surface area contributed by atoms with Gasteiger partial charge in [-0.25, -0.2) is 0 Å². The summed E-state index contributed by atoms with van der Waals surface area (Å²) in [4.78, 5) is 14.7. The third-order valence-electron chi connectivity index (χ3n) is 3.42. The highest BCUT2D eigenvalue weighted by molar-refractivity contribution is 9.10. The van der Waals surface area contributed by atoms with Crippen molar-refractivity contribution in [3.63, 3.8) is 0 Å². The number of benzene rings is 2. The van der Waals surface area contributed by atoms with Crippen molar-refractivity contribution in [3.05, 3.63) is 61.4 Å². The molecule has 1 saturated heterocycles. The summed E-state index contributed by atoms with van der Waals surface area (Å²) in [6.07, 6.45) is 1.79. The van der Waals surface area contributed by atoms with Gasteiger partial charge in [-0.3, -0.25) is 9.69 Å². The molecule has 1 aliphatic heterocycles. The van der Waals surface area contributed by atoms with Gasteiger partial charge in [0.2, 0.25) is 0 Å². The van der Waals surface area contributed by atoms with Crippen LogP contribution in [0.25, 0.3) is 6.08 Å². The van der Waals surface area contributed by atoms with E-state index in [0.29, 0.717) is 25.0 Å². The summed E-state index contributed by atoms with van der Waals surface area (Å²) >= 11 is 22.2. The number of methoxy groups -OCH3 is 1. The second-order valence-electron chi connectivity index (χ2n) is 5.01. The van der Waals surface area contributed by atoms with Crippen molar-refractivity contribution in [2.24, 2.45) is 0 Å². The number of hydrogen-bond donors (Lipinski definition) is 0. The number of carbonyl (C=O) groups excluding carboxylic acids is 1. The molecule has 0 aliphatic carbocycles. The number of rotatable bonds is 3. The lowest BCUT2D eigenvalue weighted by atomic mass is 10.2. The molecular formula is C17H10BrCl2NO2S2. The van der Waals surface area contributed by atoms with Crippen molar-refractivity contribution >= 4 is 85.1 Å². The van der Waals surface area contributed by atoms with Gasteiger partial charge in [0.25, 0.3) is 5.91 Å². The number of thioether (sulfide) groups is 1. The zero-order valence-electron chi connectivity index (χ0n) is 12.8. The molecule has 0 bridgehead atoms. The van der Waals surface area contributed by atoms with E-state index < -0.39 is 0 Å². The third-order valence-corrected chi connectivity index (χ3v) is 5.88. The second kappa shape index (κ2) is 7.68. The van der Waals surface area contributed by atoms with Crippen molar-refractivity contribution in [1.29, 1.82) is 0 Å². The van der Waals surface area contributed by atoms with E-state index in [1.807, 2.05) is 18.2 Å². The fourth-order valence-electron chi connectivity index (χ4n) is 2.26. The third kappa shape index (κ3) is 3.88. The van der Waals surface area contributed by atoms with Crippen LogP contribution < -0.4 is 9.64 Å². The van der Waals surface area contributed by atoms with E-state index in [4.69, 9.17) is 40.2 Å². The highest BCUT2D eigenvalue weighted by Gasteiger charge is 2.34. The monoisotopic (exact) mass is 473 g/mol.